The maximum absolute atomic E-state index is 14.1. The Morgan fingerprint density at radius 1 is 0.977 bits per heavy atom. The number of urea groups is 1. The van der Waals surface area contributed by atoms with E-state index in [1.54, 1.807) is 23.1 Å². The highest BCUT2D eigenvalue weighted by molar-refractivity contribution is 6.06. The Morgan fingerprint density at radius 2 is 1.68 bits per heavy atom. The molecule has 1 aliphatic heterocycles. The summed E-state index contributed by atoms with van der Waals surface area (Å²) in [5, 5.41) is 6.96. The molecule has 3 N–H and O–H groups in total. The van der Waals surface area contributed by atoms with Crippen molar-refractivity contribution < 1.29 is 18.8 Å². The zero-order valence-electron chi connectivity index (χ0n) is 25.6. The van der Waals surface area contributed by atoms with E-state index in [0.29, 0.717) is 44.0 Å². The largest absolute Gasteiger partial charge is 0.368 e. The van der Waals surface area contributed by atoms with Crippen LogP contribution in [0.4, 0.5) is 20.6 Å². The van der Waals surface area contributed by atoms with Gasteiger partial charge < -0.3 is 30.3 Å². The molecule has 44 heavy (non-hydrogen) atoms. The molecule has 0 bridgehead atoms. The van der Waals surface area contributed by atoms with E-state index in [4.69, 9.17) is 0 Å². The van der Waals surface area contributed by atoms with Crippen LogP contribution in [0.1, 0.15) is 41.3 Å². The quantitative estimate of drug-likeness (QED) is 0.230. The van der Waals surface area contributed by atoms with Crippen LogP contribution in [0.3, 0.4) is 0 Å². The van der Waals surface area contributed by atoms with Crippen LogP contribution in [0.2, 0.25) is 0 Å². The number of carbonyl (C=O) groups is 3. The van der Waals surface area contributed by atoms with Crippen LogP contribution in [0.5, 0.6) is 0 Å². The first kappa shape index (κ1) is 30.7. The molecule has 2 atom stereocenters. The summed E-state index contributed by atoms with van der Waals surface area (Å²) in [7, 11) is 3.90. The van der Waals surface area contributed by atoms with Crippen LogP contribution in [0.25, 0.3) is 10.9 Å². The number of benzene rings is 3. The summed E-state index contributed by atoms with van der Waals surface area (Å²) in [6, 6.07) is 18.3. The van der Waals surface area contributed by atoms with Gasteiger partial charge in [-0.3, -0.25) is 9.59 Å². The van der Waals surface area contributed by atoms with Crippen molar-refractivity contribution in [2.45, 2.75) is 32.4 Å². The number of fused-ring (bicyclic) bond motifs is 1. The van der Waals surface area contributed by atoms with Crippen LogP contribution in [-0.2, 0) is 11.3 Å². The van der Waals surface area contributed by atoms with Gasteiger partial charge in [0.2, 0.25) is 5.91 Å². The number of rotatable bonds is 9. The molecule has 5 rings (SSSR count). The normalized spacial score (nSPS) is 14.9. The number of aromatic nitrogens is 1. The summed E-state index contributed by atoms with van der Waals surface area (Å²) in [6.07, 6.45) is 1.88. The van der Waals surface area contributed by atoms with Crippen molar-refractivity contribution in [2.24, 2.45) is 0 Å². The van der Waals surface area contributed by atoms with Gasteiger partial charge in [0.1, 0.15) is 11.9 Å². The van der Waals surface area contributed by atoms with Crippen LogP contribution in [0, 0.1) is 5.82 Å². The lowest BCUT2D eigenvalue weighted by Crippen LogP contribution is -2.56. The summed E-state index contributed by atoms with van der Waals surface area (Å²) < 4.78 is 13.4. The van der Waals surface area contributed by atoms with Gasteiger partial charge in [-0.05, 0) is 74.6 Å². The van der Waals surface area contributed by atoms with Gasteiger partial charge in [-0.2, -0.15) is 0 Å². The van der Waals surface area contributed by atoms with Crippen molar-refractivity contribution in [2.75, 3.05) is 50.5 Å². The van der Waals surface area contributed by atoms with E-state index in [-0.39, 0.29) is 17.6 Å². The lowest BCUT2D eigenvalue weighted by atomic mass is 9.92. The number of aromatic amines is 1. The van der Waals surface area contributed by atoms with Crippen molar-refractivity contribution >= 4 is 40.0 Å². The van der Waals surface area contributed by atoms with Gasteiger partial charge in [0, 0.05) is 67.0 Å². The topological polar surface area (TPSA) is 101 Å². The number of carbonyl (C=O) groups excluding carboxylic acids is 3. The molecule has 0 saturated carbocycles. The Bertz CT molecular complexity index is 1640. The number of piperazine rings is 1. The van der Waals surface area contributed by atoms with Crippen LogP contribution < -0.4 is 15.5 Å². The molecule has 1 saturated heterocycles. The minimum Gasteiger partial charge on any atom is -0.368 e. The number of hydrogen-bond donors (Lipinski definition) is 3. The molecule has 4 aromatic rings. The first-order valence-corrected chi connectivity index (χ1v) is 14.8. The highest BCUT2D eigenvalue weighted by Gasteiger charge is 2.32. The number of Topliss-reactive ketones (excluding diaryl/α,β-unsaturated/α-hetero) is 1. The second-order valence-electron chi connectivity index (χ2n) is 11.6. The first-order valence-electron chi connectivity index (χ1n) is 14.8. The molecule has 9 nitrogen and oxygen atoms in total. The molecular weight excluding hydrogens is 559 g/mol. The molecule has 0 radical (unpaired) electrons. The van der Waals surface area contributed by atoms with Crippen molar-refractivity contribution in [3.8, 4) is 0 Å². The SMILES string of the molecule is CC(=O)c1ccc(CN(C)C)cc1NC(=O)C(NC(=O)N1CCN(c2ccc(F)cc2)CC1)C(C)c1c[nH]c2ccccc12. The summed E-state index contributed by atoms with van der Waals surface area (Å²) in [4.78, 5) is 49.3. The maximum atomic E-state index is 14.1. The highest BCUT2D eigenvalue weighted by Crippen LogP contribution is 2.29. The summed E-state index contributed by atoms with van der Waals surface area (Å²) in [5.41, 5.74) is 4.50. The smallest absolute Gasteiger partial charge is 0.318 e. The number of nitrogens with one attached hydrogen (secondary N) is 3. The van der Waals surface area contributed by atoms with Gasteiger partial charge in [-0.1, -0.05) is 31.2 Å². The fraction of sp³-hybridized carbons (Fsp3) is 0.324. The average molecular weight is 599 g/mol. The zero-order valence-corrected chi connectivity index (χ0v) is 25.6. The van der Waals surface area contributed by atoms with Crippen LogP contribution in [0.15, 0.2) is 72.9 Å². The van der Waals surface area contributed by atoms with E-state index in [1.807, 2.05) is 68.5 Å². The van der Waals surface area contributed by atoms with Crippen LogP contribution >= 0.6 is 0 Å². The van der Waals surface area contributed by atoms with Gasteiger partial charge in [-0.25, -0.2) is 9.18 Å². The molecule has 2 heterocycles. The summed E-state index contributed by atoms with van der Waals surface area (Å²) >= 11 is 0. The lowest BCUT2D eigenvalue weighted by molar-refractivity contribution is -0.118. The molecule has 2 unspecified atom stereocenters. The molecule has 10 heteroatoms. The van der Waals surface area contributed by atoms with Crippen molar-refractivity contribution in [1.29, 1.82) is 0 Å². The monoisotopic (exact) mass is 598 g/mol. The molecule has 0 spiro atoms. The molecule has 1 aliphatic rings. The highest BCUT2D eigenvalue weighted by atomic mass is 19.1. The molecule has 1 fully saturated rings. The Kier molecular flexibility index (Phi) is 9.29. The van der Waals surface area contributed by atoms with E-state index in [1.165, 1.54) is 19.1 Å². The Morgan fingerprint density at radius 3 is 2.36 bits per heavy atom. The predicted octanol–water partition coefficient (Wildman–Crippen LogP) is 5.21. The van der Waals surface area contributed by atoms with E-state index in [2.05, 4.69) is 20.5 Å². The second-order valence-corrected chi connectivity index (χ2v) is 11.6. The molecular formula is C34H39FN6O3. The molecule has 0 aliphatic carbocycles. The van der Waals surface area contributed by atoms with Crippen molar-refractivity contribution in [3.05, 3.63) is 95.4 Å². The van der Waals surface area contributed by atoms with Gasteiger partial charge in [0.15, 0.2) is 5.78 Å². The van der Waals surface area contributed by atoms with Gasteiger partial charge in [-0.15, -0.1) is 0 Å². The lowest BCUT2D eigenvalue weighted by Gasteiger charge is -2.37. The number of amides is 3. The summed E-state index contributed by atoms with van der Waals surface area (Å²) in [5.74, 6) is -1.27. The van der Waals surface area contributed by atoms with E-state index in [0.717, 1.165) is 27.7 Å². The van der Waals surface area contributed by atoms with Gasteiger partial charge in [0.25, 0.3) is 0 Å². The Labute approximate surface area is 257 Å². The zero-order chi connectivity index (χ0) is 31.4. The minimum absolute atomic E-state index is 0.166. The number of anilines is 2. The van der Waals surface area contributed by atoms with Gasteiger partial charge >= 0.3 is 6.03 Å². The number of hydrogen-bond acceptors (Lipinski definition) is 5. The van der Waals surface area contributed by atoms with Crippen LogP contribution in [-0.4, -0.2) is 78.8 Å². The molecule has 3 amide bonds. The first-order chi connectivity index (χ1) is 21.1. The summed E-state index contributed by atoms with van der Waals surface area (Å²) in [6.45, 7) is 6.07. The maximum Gasteiger partial charge on any atom is 0.318 e. The standard InChI is InChI=1S/C34H39FN6O3/c1-22(29-20-36-30-8-6-5-7-28(29)30)32(33(43)37-31-19-24(21-39(3)4)9-14-27(31)23(2)42)38-34(44)41-17-15-40(16-18-41)26-12-10-25(35)11-13-26/h5-14,19-20,22,32,36H,15-18,21H2,1-4H3,(H,37,43)(H,38,44). The third-order valence-electron chi connectivity index (χ3n) is 8.15. The number of ketones is 1. The van der Waals surface area contributed by atoms with Crippen molar-refractivity contribution in [3.63, 3.8) is 0 Å². The third-order valence-corrected chi connectivity index (χ3v) is 8.15. The fourth-order valence-corrected chi connectivity index (χ4v) is 5.79. The molecule has 230 valence electrons. The average Bonchev–Trinajstić information content (AvgIpc) is 3.44. The molecule has 1 aromatic heterocycles. The minimum atomic E-state index is -0.936. The number of halogens is 1. The van der Waals surface area contributed by atoms with Gasteiger partial charge in [0.05, 0.1) is 5.69 Å². The second kappa shape index (κ2) is 13.3. The van der Waals surface area contributed by atoms with E-state index >= 15 is 0 Å². The number of para-hydroxylation sites is 1. The number of nitrogens with zero attached hydrogens (tertiary/aromatic N) is 3. The predicted molar refractivity (Wildman–Crippen MR) is 172 cm³/mol. The Hall–Kier alpha value is -4.70. The van der Waals surface area contributed by atoms with E-state index < -0.39 is 17.9 Å². The Balaban J connectivity index is 1.38. The third kappa shape index (κ3) is 6.92. The van der Waals surface area contributed by atoms with Crippen molar-refractivity contribution in [1.82, 2.24) is 20.1 Å². The fourth-order valence-electron chi connectivity index (χ4n) is 5.79. The number of H-pyrrole nitrogens is 1. The van der Waals surface area contributed by atoms with E-state index in [9.17, 15) is 18.8 Å². The molecule has 3 aromatic carbocycles.